The lowest BCUT2D eigenvalue weighted by molar-refractivity contribution is -0.133. The Labute approximate surface area is 131 Å². The van der Waals surface area contributed by atoms with Gasteiger partial charge in [0.05, 0.1) is 6.54 Å². The predicted octanol–water partition coefficient (Wildman–Crippen LogP) is 3.26. The maximum Gasteiger partial charge on any atom is 0.223 e. The molecule has 2 atom stereocenters. The molecule has 1 aliphatic heterocycles. The summed E-state index contributed by atoms with van der Waals surface area (Å²) in [5.74, 6) is 1.53. The summed E-state index contributed by atoms with van der Waals surface area (Å²) in [5.41, 5.74) is 0. The third-order valence-corrected chi connectivity index (χ3v) is 5.71. The number of hydrogen-bond acceptors (Lipinski definition) is 3. The first-order chi connectivity index (χ1) is 10.2. The van der Waals surface area contributed by atoms with Crippen LogP contribution in [0.3, 0.4) is 0 Å². The Kier molecular flexibility index (Phi) is 4.96. The Hall–Kier alpha value is -0.870. The minimum atomic E-state index is 0.365. The highest BCUT2D eigenvalue weighted by molar-refractivity contribution is 7.09. The Morgan fingerprint density at radius 2 is 2.33 bits per heavy atom. The number of carbonyl (C=O) groups is 1. The van der Waals surface area contributed by atoms with Gasteiger partial charge in [-0.15, -0.1) is 11.3 Å². The van der Waals surface area contributed by atoms with Crippen LogP contribution in [0, 0.1) is 11.8 Å². The molecule has 3 nitrogen and oxygen atoms in total. The number of thiophene rings is 1. The minimum absolute atomic E-state index is 0.365. The lowest BCUT2D eigenvalue weighted by Crippen LogP contribution is -2.37. The summed E-state index contributed by atoms with van der Waals surface area (Å²) in [5, 5.41) is 5.56. The maximum absolute atomic E-state index is 12.7. The lowest BCUT2D eigenvalue weighted by Gasteiger charge is -2.30. The van der Waals surface area contributed by atoms with Crippen molar-refractivity contribution < 1.29 is 4.79 Å². The zero-order valence-electron chi connectivity index (χ0n) is 12.9. The van der Waals surface area contributed by atoms with Crippen LogP contribution in [0.15, 0.2) is 17.5 Å². The quantitative estimate of drug-likeness (QED) is 0.875. The van der Waals surface area contributed by atoms with Crippen LogP contribution in [0.2, 0.25) is 0 Å². The van der Waals surface area contributed by atoms with E-state index in [2.05, 4.69) is 34.7 Å². The van der Waals surface area contributed by atoms with E-state index in [1.807, 2.05) is 0 Å². The summed E-state index contributed by atoms with van der Waals surface area (Å²) in [6, 6.07) is 4.73. The molecule has 1 aliphatic carbocycles. The molecule has 1 aromatic rings. The summed E-state index contributed by atoms with van der Waals surface area (Å²) < 4.78 is 0. The van der Waals surface area contributed by atoms with Crippen molar-refractivity contribution in [2.45, 2.75) is 51.6 Å². The molecule has 0 bridgehead atoms. The molecule has 2 heterocycles. The van der Waals surface area contributed by atoms with Crippen molar-refractivity contribution >= 4 is 17.2 Å². The second-order valence-corrected chi connectivity index (χ2v) is 7.65. The third-order valence-electron chi connectivity index (χ3n) is 4.85. The summed E-state index contributed by atoms with van der Waals surface area (Å²) in [7, 11) is 0. The van der Waals surface area contributed by atoms with Gasteiger partial charge in [-0.25, -0.2) is 0 Å². The van der Waals surface area contributed by atoms with Crippen molar-refractivity contribution in [1.29, 1.82) is 0 Å². The molecule has 2 aliphatic rings. The molecule has 116 valence electrons. The van der Waals surface area contributed by atoms with Crippen LogP contribution in [-0.2, 0) is 11.3 Å². The van der Waals surface area contributed by atoms with Gasteiger partial charge in [-0.3, -0.25) is 4.79 Å². The summed E-state index contributed by atoms with van der Waals surface area (Å²) >= 11 is 1.76. The van der Waals surface area contributed by atoms with E-state index in [0.29, 0.717) is 30.2 Å². The first-order valence-corrected chi connectivity index (χ1v) is 9.14. The number of nitrogens with one attached hydrogen (secondary N) is 1. The highest BCUT2D eigenvalue weighted by Gasteiger charge is 2.34. The van der Waals surface area contributed by atoms with Crippen molar-refractivity contribution in [1.82, 2.24) is 10.2 Å². The Balaban J connectivity index is 1.56. The second-order valence-electron chi connectivity index (χ2n) is 6.62. The van der Waals surface area contributed by atoms with Crippen LogP contribution < -0.4 is 5.32 Å². The number of rotatable bonds is 6. The number of nitrogens with zero attached hydrogens (tertiary/aromatic N) is 1. The van der Waals surface area contributed by atoms with Gasteiger partial charge in [-0.1, -0.05) is 13.0 Å². The van der Waals surface area contributed by atoms with Crippen LogP contribution in [0.5, 0.6) is 0 Å². The number of amides is 1. The van der Waals surface area contributed by atoms with Crippen LogP contribution in [0.4, 0.5) is 0 Å². The molecule has 0 spiro atoms. The van der Waals surface area contributed by atoms with Gasteiger partial charge in [-0.05, 0) is 62.1 Å². The molecule has 1 saturated heterocycles. The molecule has 2 unspecified atom stereocenters. The molecular weight excluding hydrogens is 280 g/mol. The van der Waals surface area contributed by atoms with Crippen molar-refractivity contribution in [3.8, 4) is 0 Å². The van der Waals surface area contributed by atoms with Gasteiger partial charge in [-0.2, -0.15) is 0 Å². The molecule has 1 amide bonds. The fourth-order valence-electron chi connectivity index (χ4n) is 3.30. The van der Waals surface area contributed by atoms with Gasteiger partial charge < -0.3 is 10.2 Å². The van der Waals surface area contributed by atoms with Crippen LogP contribution >= 0.6 is 11.3 Å². The molecule has 1 saturated carbocycles. The van der Waals surface area contributed by atoms with E-state index in [1.54, 1.807) is 11.3 Å². The van der Waals surface area contributed by atoms with E-state index >= 15 is 0 Å². The molecule has 1 N–H and O–H groups in total. The SMILES string of the molecule is CC(CC(=O)N(Cc1cccs1)C1CC1)C1CCCNC1. The van der Waals surface area contributed by atoms with Crippen molar-refractivity contribution in [3.63, 3.8) is 0 Å². The van der Waals surface area contributed by atoms with Gasteiger partial charge >= 0.3 is 0 Å². The van der Waals surface area contributed by atoms with E-state index in [-0.39, 0.29) is 0 Å². The Morgan fingerprint density at radius 1 is 1.48 bits per heavy atom. The average molecular weight is 306 g/mol. The zero-order valence-corrected chi connectivity index (χ0v) is 13.7. The topological polar surface area (TPSA) is 32.3 Å². The monoisotopic (exact) mass is 306 g/mol. The maximum atomic E-state index is 12.7. The van der Waals surface area contributed by atoms with Gasteiger partial charge in [0.15, 0.2) is 0 Å². The second kappa shape index (κ2) is 6.93. The number of carbonyl (C=O) groups excluding carboxylic acids is 1. The van der Waals surface area contributed by atoms with E-state index < -0.39 is 0 Å². The standard InChI is InChI=1S/C17H26N2OS/c1-13(14-4-2-8-18-11-14)10-17(20)19(15-6-7-15)12-16-5-3-9-21-16/h3,5,9,13-15,18H,2,4,6-8,10-12H2,1H3. The van der Waals surface area contributed by atoms with E-state index in [4.69, 9.17) is 0 Å². The van der Waals surface area contributed by atoms with Crippen LogP contribution in [-0.4, -0.2) is 29.9 Å². The summed E-state index contributed by atoms with van der Waals surface area (Å²) in [4.78, 5) is 16.2. The average Bonchev–Trinajstić information content (AvgIpc) is 3.21. The molecule has 21 heavy (non-hydrogen) atoms. The van der Waals surface area contributed by atoms with Crippen LogP contribution in [0.25, 0.3) is 0 Å². The predicted molar refractivity (Wildman–Crippen MR) is 87.3 cm³/mol. The lowest BCUT2D eigenvalue weighted by atomic mass is 9.85. The minimum Gasteiger partial charge on any atom is -0.335 e. The largest absolute Gasteiger partial charge is 0.335 e. The molecule has 2 fully saturated rings. The molecule has 3 rings (SSSR count). The molecule has 0 aromatic carbocycles. The molecule has 4 heteroatoms. The summed E-state index contributed by atoms with van der Waals surface area (Å²) in [6.45, 7) is 5.30. The molecule has 1 aromatic heterocycles. The molecular formula is C17H26N2OS. The van der Waals surface area contributed by atoms with Crippen molar-refractivity contribution in [3.05, 3.63) is 22.4 Å². The van der Waals surface area contributed by atoms with Crippen molar-refractivity contribution in [2.75, 3.05) is 13.1 Å². The van der Waals surface area contributed by atoms with Gasteiger partial charge in [0.25, 0.3) is 0 Å². The van der Waals surface area contributed by atoms with E-state index in [1.165, 1.54) is 30.6 Å². The smallest absolute Gasteiger partial charge is 0.223 e. The van der Waals surface area contributed by atoms with Crippen molar-refractivity contribution in [2.24, 2.45) is 11.8 Å². The highest BCUT2D eigenvalue weighted by atomic mass is 32.1. The third kappa shape index (κ3) is 4.07. The van der Waals surface area contributed by atoms with E-state index in [0.717, 1.165) is 19.6 Å². The Morgan fingerprint density at radius 3 is 2.95 bits per heavy atom. The fourth-order valence-corrected chi connectivity index (χ4v) is 4.00. The van der Waals surface area contributed by atoms with Gasteiger partial charge in [0.1, 0.15) is 0 Å². The van der Waals surface area contributed by atoms with E-state index in [9.17, 15) is 4.79 Å². The molecule has 0 radical (unpaired) electrons. The van der Waals surface area contributed by atoms with Gasteiger partial charge in [0.2, 0.25) is 5.91 Å². The fraction of sp³-hybridized carbons (Fsp3) is 0.706. The first-order valence-electron chi connectivity index (χ1n) is 8.26. The normalized spacial score (nSPS) is 23.8. The first kappa shape index (κ1) is 15.0. The number of hydrogen-bond donors (Lipinski definition) is 1. The van der Waals surface area contributed by atoms with Gasteiger partial charge in [0, 0.05) is 17.3 Å². The Bertz CT molecular complexity index is 449. The summed E-state index contributed by atoms with van der Waals surface area (Å²) in [6.07, 6.45) is 5.63. The van der Waals surface area contributed by atoms with Crippen LogP contribution in [0.1, 0.15) is 43.9 Å². The highest BCUT2D eigenvalue weighted by Crippen LogP contribution is 2.31. The number of piperidine rings is 1. The zero-order chi connectivity index (χ0) is 14.7.